The first-order valence-corrected chi connectivity index (χ1v) is 19.8. The molecular formula is C54H30N4O2. The molecular weight excluding hydrogens is 737 g/mol. The summed E-state index contributed by atoms with van der Waals surface area (Å²) in [5.41, 5.74) is 9.57. The molecule has 0 saturated heterocycles. The molecule has 12 rings (SSSR count). The van der Waals surface area contributed by atoms with Gasteiger partial charge in [-0.05, 0) is 95.0 Å². The molecule has 0 unspecified atom stereocenters. The highest BCUT2D eigenvalue weighted by atomic mass is 16.3. The highest BCUT2D eigenvalue weighted by molar-refractivity contribution is 6.29. The molecule has 0 amide bonds. The molecule has 6 nitrogen and oxygen atoms in total. The maximum atomic E-state index is 9.88. The van der Waals surface area contributed by atoms with Crippen LogP contribution in [0.25, 0.3) is 76.2 Å². The second-order valence-corrected chi connectivity index (χ2v) is 15.1. The quantitative estimate of drug-likeness (QED) is 0.157. The van der Waals surface area contributed by atoms with Crippen LogP contribution in [-0.2, 0) is 0 Å². The smallest absolute Gasteiger partial charge is 0.159 e. The minimum atomic E-state index is 0.572. The average molecular weight is 767 g/mol. The van der Waals surface area contributed by atoms with E-state index in [-0.39, 0.29) is 0 Å². The molecule has 0 aliphatic rings. The van der Waals surface area contributed by atoms with Crippen LogP contribution in [0.15, 0.2) is 191 Å². The number of anilines is 6. The highest BCUT2D eigenvalue weighted by Gasteiger charge is 2.28. The summed E-state index contributed by atoms with van der Waals surface area (Å²) in [7, 11) is 0. The summed E-state index contributed by atoms with van der Waals surface area (Å²) in [6.07, 6.45) is 0. The summed E-state index contributed by atoms with van der Waals surface area (Å²) in [6.45, 7) is 0. The van der Waals surface area contributed by atoms with Crippen molar-refractivity contribution in [3.63, 3.8) is 0 Å². The van der Waals surface area contributed by atoms with E-state index in [2.05, 4.69) is 119 Å². The second kappa shape index (κ2) is 13.0. The SMILES string of the molecule is N#Cc1ccc(N(c2cc(N(c3ccc(C#N)cc3)c3cccc4c3oc3ccccc34)c3ccc4cccc5ccc2c3c54)c2cccc3c2oc2ccccc23)cc1. The van der Waals surface area contributed by atoms with Crippen molar-refractivity contribution in [3.8, 4) is 12.1 Å². The Balaban J connectivity index is 1.24. The van der Waals surface area contributed by atoms with Gasteiger partial charge in [0.25, 0.3) is 0 Å². The lowest BCUT2D eigenvalue weighted by Gasteiger charge is -2.32. The van der Waals surface area contributed by atoms with Gasteiger partial charge in [-0.1, -0.05) is 103 Å². The van der Waals surface area contributed by atoms with E-state index < -0.39 is 0 Å². The number of fused-ring (bicyclic) bond motifs is 6. The lowest BCUT2D eigenvalue weighted by atomic mass is 9.91. The van der Waals surface area contributed by atoms with Gasteiger partial charge in [0.15, 0.2) is 11.2 Å². The van der Waals surface area contributed by atoms with Crippen molar-refractivity contribution in [2.45, 2.75) is 0 Å². The zero-order valence-corrected chi connectivity index (χ0v) is 31.9. The van der Waals surface area contributed by atoms with E-state index in [0.717, 1.165) is 105 Å². The first-order chi connectivity index (χ1) is 29.7. The second-order valence-electron chi connectivity index (χ2n) is 15.1. The van der Waals surface area contributed by atoms with Crippen LogP contribution in [0.5, 0.6) is 0 Å². The number of furan rings is 2. The monoisotopic (exact) mass is 766 g/mol. The van der Waals surface area contributed by atoms with Gasteiger partial charge in [-0.3, -0.25) is 0 Å². The number of nitrogens with zero attached hydrogens (tertiary/aromatic N) is 4. The molecule has 0 saturated carbocycles. The minimum absolute atomic E-state index is 0.572. The molecule has 0 atom stereocenters. The van der Waals surface area contributed by atoms with Crippen LogP contribution in [0.3, 0.4) is 0 Å². The summed E-state index contributed by atoms with van der Waals surface area (Å²) < 4.78 is 13.5. The molecule has 2 aromatic heterocycles. The zero-order valence-electron chi connectivity index (χ0n) is 31.9. The van der Waals surface area contributed by atoms with Gasteiger partial charge < -0.3 is 18.6 Å². The number of hydrogen-bond acceptors (Lipinski definition) is 6. The van der Waals surface area contributed by atoms with E-state index in [1.807, 2.05) is 84.9 Å². The Morgan fingerprint density at radius 3 is 1.25 bits per heavy atom. The van der Waals surface area contributed by atoms with Crippen molar-refractivity contribution >= 4 is 110 Å². The predicted octanol–water partition coefficient (Wildman–Crippen LogP) is 15.1. The Bertz CT molecular complexity index is 3510. The van der Waals surface area contributed by atoms with Gasteiger partial charge in [0.2, 0.25) is 0 Å². The van der Waals surface area contributed by atoms with Crippen molar-refractivity contribution in [3.05, 3.63) is 193 Å². The van der Waals surface area contributed by atoms with Crippen LogP contribution in [0.1, 0.15) is 11.1 Å². The van der Waals surface area contributed by atoms with Crippen molar-refractivity contribution in [1.29, 1.82) is 10.5 Å². The fourth-order valence-electron chi connectivity index (χ4n) is 9.17. The lowest BCUT2D eigenvalue weighted by Crippen LogP contribution is -2.15. The van der Waals surface area contributed by atoms with Crippen molar-refractivity contribution in [2.24, 2.45) is 0 Å². The molecule has 0 radical (unpaired) electrons. The number of nitriles is 2. The number of benzene rings is 10. The zero-order chi connectivity index (χ0) is 39.9. The van der Waals surface area contributed by atoms with Gasteiger partial charge in [0.05, 0.1) is 46.0 Å². The van der Waals surface area contributed by atoms with Crippen LogP contribution in [0.2, 0.25) is 0 Å². The minimum Gasteiger partial charge on any atom is -0.454 e. The van der Waals surface area contributed by atoms with Crippen molar-refractivity contribution in [1.82, 2.24) is 0 Å². The molecule has 2 heterocycles. The first-order valence-electron chi connectivity index (χ1n) is 19.8. The third kappa shape index (κ3) is 4.92. The van der Waals surface area contributed by atoms with Gasteiger partial charge in [-0.2, -0.15) is 10.5 Å². The van der Waals surface area contributed by atoms with Gasteiger partial charge in [-0.25, -0.2) is 0 Å². The summed E-state index contributed by atoms with van der Waals surface area (Å²) >= 11 is 0. The van der Waals surface area contributed by atoms with Gasteiger partial charge >= 0.3 is 0 Å². The van der Waals surface area contributed by atoms with Gasteiger partial charge in [0, 0.05) is 49.1 Å². The molecule has 0 spiro atoms. The van der Waals surface area contributed by atoms with Crippen LogP contribution in [0.4, 0.5) is 34.1 Å². The lowest BCUT2D eigenvalue weighted by molar-refractivity contribution is 0.669. The summed E-state index contributed by atoms with van der Waals surface area (Å²) in [5, 5.41) is 30.5. The normalized spacial score (nSPS) is 11.6. The van der Waals surface area contributed by atoms with E-state index >= 15 is 0 Å². The van der Waals surface area contributed by atoms with Crippen LogP contribution >= 0.6 is 0 Å². The van der Waals surface area contributed by atoms with Gasteiger partial charge in [-0.15, -0.1) is 0 Å². The average Bonchev–Trinajstić information content (AvgIpc) is 3.89. The van der Waals surface area contributed by atoms with E-state index in [4.69, 9.17) is 8.83 Å². The van der Waals surface area contributed by atoms with Gasteiger partial charge in [0.1, 0.15) is 11.2 Å². The van der Waals surface area contributed by atoms with Crippen molar-refractivity contribution in [2.75, 3.05) is 9.80 Å². The van der Waals surface area contributed by atoms with E-state index in [1.165, 1.54) is 5.39 Å². The molecule has 0 N–H and O–H groups in total. The Morgan fingerprint density at radius 1 is 0.350 bits per heavy atom. The molecule has 0 bridgehead atoms. The molecule has 0 aliphatic heterocycles. The van der Waals surface area contributed by atoms with Crippen molar-refractivity contribution < 1.29 is 8.83 Å². The van der Waals surface area contributed by atoms with Crippen LogP contribution < -0.4 is 9.80 Å². The molecule has 0 fully saturated rings. The predicted molar refractivity (Wildman–Crippen MR) is 243 cm³/mol. The molecule has 0 aliphatic carbocycles. The maximum absolute atomic E-state index is 9.88. The largest absolute Gasteiger partial charge is 0.454 e. The molecule has 6 heteroatoms. The first kappa shape index (κ1) is 33.5. The fraction of sp³-hybridized carbons (Fsp3) is 0. The Kier molecular flexibility index (Phi) is 7.26. The van der Waals surface area contributed by atoms with E-state index in [0.29, 0.717) is 11.1 Å². The third-order valence-electron chi connectivity index (χ3n) is 11.8. The van der Waals surface area contributed by atoms with Crippen LogP contribution in [0, 0.1) is 22.7 Å². The number of rotatable bonds is 6. The molecule has 278 valence electrons. The van der Waals surface area contributed by atoms with E-state index in [1.54, 1.807) is 0 Å². The standard InChI is InChI=1S/C54H30N4O2/c55-31-33-18-24-37(25-19-33)57(45-14-6-12-41-39-10-1-3-16-49(39)59-53(41)45)47-30-48(44-29-23-36-9-5-8-35-22-28-43(47)52(44)51(35)36)58(38-26-20-34(32-56)21-27-38)46-15-7-13-42-40-11-2-4-17-50(40)60-54(42)46/h1-30H. The maximum Gasteiger partial charge on any atom is 0.159 e. The summed E-state index contributed by atoms with van der Waals surface area (Å²) in [4.78, 5) is 4.53. The Labute approximate surface area is 343 Å². The fourth-order valence-corrected chi connectivity index (χ4v) is 9.17. The Hall–Kier alpha value is -8.58. The summed E-state index contributed by atoms with van der Waals surface area (Å²) in [5.74, 6) is 0. The van der Waals surface area contributed by atoms with E-state index in [9.17, 15) is 10.5 Å². The number of para-hydroxylation sites is 4. The third-order valence-corrected chi connectivity index (χ3v) is 11.8. The molecule has 12 aromatic rings. The van der Waals surface area contributed by atoms with Crippen LogP contribution in [-0.4, -0.2) is 0 Å². The molecule has 60 heavy (non-hydrogen) atoms. The Morgan fingerprint density at radius 2 is 0.783 bits per heavy atom. The highest BCUT2D eigenvalue weighted by Crippen LogP contribution is 2.52. The number of hydrogen-bond donors (Lipinski definition) is 0. The topological polar surface area (TPSA) is 80.3 Å². The molecule has 10 aromatic carbocycles. The summed E-state index contributed by atoms with van der Waals surface area (Å²) in [6, 6.07) is 66.5.